The topological polar surface area (TPSA) is 32.3 Å². The first-order valence-electron chi connectivity index (χ1n) is 4.81. The molecule has 2 heteroatoms. The van der Waals surface area contributed by atoms with Gasteiger partial charge in [0.05, 0.1) is 6.10 Å². The Morgan fingerprint density at radius 3 is 2.69 bits per heavy atom. The maximum absolute atomic E-state index is 9.76. The van der Waals surface area contributed by atoms with Crippen LogP contribution in [-0.4, -0.2) is 24.3 Å². The summed E-state index contributed by atoms with van der Waals surface area (Å²) >= 11 is 0. The number of aliphatic hydroxyl groups is 1. The van der Waals surface area contributed by atoms with Crippen LogP contribution in [-0.2, 0) is 0 Å². The van der Waals surface area contributed by atoms with Crippen molar-refractivity contribution in [3.05, 3.63) is 35.9 Å². The van der Waals surface area contributed by atoms with Crippen molar-refractivity contribution in [3.63, 3.8) is 0 Å². The highest BCUT2D eigenvalue weighted by atomic mass is 16.3. The molecule has 0 aromatic heterocycles. The average Bonchev–Trinajstić information content (AvgIpc) is 2.20. The summed E-state index contributed by atoms with van der Waals surface area (Å²) in [5.41, 5.74) is 1.26. The fourth-order valence-corrected chi connectivity index (χ4v) is 1.93. The van der Waals surface area contributed by atoms with Crippen molar-refractivity contribution in [3.8, 4) is 0 Å². The summed E-state index contributed by atoms with van der Waals surface area (Å²) < 4.78 is 0. The van der Waals surface area contributed by atoms with Crippen LogP contribution in [0.4, 0.5) is 0 Å². The molecule has 0 spiro atoms. The number of rotatable bonds is 1. The Hall–Kier alpha value is -0.860. The summed E-state index contributed by atoms with van der Waals surface area (Å²) in [5, 5.41) is 12.9. The zero-order valence-corrected chi connectivity index (χ0v) is 7.61. The van der Waals surface area contributed by atoms with Gasteiger partial charge in [0.25, 0.3) is 0 Å². The van der Waals surface area contributed by atoms with Crippen LogP contribution in [0, 0.1) is 0 Å². The quantitative estimate of drug-likeness (QED) is 0.674. The number of nitrogens with one attached hydrogen (secondary N) is 1. The molecule has 0 saturated carbocycles. The van der Waals surface area contributed by atoms with Crippen LogP contribution >= 0.6 is 0 Å². The van der Waals surface area contributed by atoms with Gasteiger partial charge in [-0.2, -0.15) is 0 Å². The molecule has 0 unspecified atom stereocenters. The van der Waals surface area contributed by atoms with Gasteiger partial charge in [0.1, 0.15) is 0 Å². The van der Waals surface area contributed by atoms with E-state index in [2.05, 4.69) is 17.4 Å². The Labute approximate surface area is 78.6 Å². The molecule has 1 aliphatic rings. The van der Waals surface area contributed by atoms with Gasteiger partial charge in [-0.15, -0.1) is 0 Å². The van der Waals surface area contributed by atoms with E-state index < -0.39 is 0 Å². The van der Waals surface area contributed by atoms with Crippen molar-refractivity contribution in [1.82, 2.24) is 5.32 Å². The third kappa shape index (κ3) is 1.90. The van der Waals surface area contributed by atoms with E-state index in [4.69, 9.17) is 0 Å². The average molecular weight is 177 g/mol. The van der Waals surface area contributed by atoms with Crippen LogP contribution in [0.2, 0.25) is 0 Å². The fraction of sp³-hybridized carbons (Fsp3) is 0.455. The lowest BCUT2D eigenvalue weighted by Gasteiger charge is -2.28. The summed E-state index contributed by atoms with van der Waals surface area (Å²) in [6.07, 6.45) is 0.807. The number of piperidine rings is 1. The first kappa shape index (κ1) is 8.73. The van der Waals surface area contributed by atoms with E-state index in [-0.39, 0.29) is 6.10 Å². The molecule has 13 heavy (non-hydrogen) atoms. The number of benzene rings is 1. The van der Waals surface area contributed by atoms with Crippen molar-refractivity contribution >= 4 is 0 Å². The molecule has 0 aliphatic carbocycles. The Morgan fingerprint density at radius 1 is 1.23 bits per heavy atom. The van der Waals surface area contributed by atoms with Gasteiger partial charge in [-0.3, -0.25) is 0 Å². The van der Waals surface area contributed by atoms with Gasteiger partial charge in [-0.1, -0.05) is 30.3 Å². The molecule has 2 atom stereocenters. The molecule has 2 N–H and O–H groups in total. The normalized spacial score (nSPS) is 28.7. The highest BCUT2D eigenvalue weighted by Gasteiger charge is 2.23. The molecule has 70 valence electrons. The SMILES string of the molecule is O[C@@H]1CNCC[C@@H]1c1ccccc1. The molecule has 1 heterocycles. The van der Waals surface area contributed by atoms with Crippen LogP contribution in [0.1, 0.15) is 17.9 Å². The molecule has 1 aromatic carbocycles. The van der Waals surface area contributed by atoms with E-state index in [0.717, 1.165) is 19.5 Å². The van der Waals surface area contributed by atoms with Gasteiger partial charge in [0.2, 0.25) is 0 Å². The third-order valence-corrected chi connectivity index (χ3v) is 2.68. The van der Waals surface area contributed by atoms with Gasteiger partial charge >= 0.3 is 0 Å². The van der Waals surface area contributed by atoms with Gasteiger partial charge in [0, 0.05) is 12.5 Å². The number of hydrogen-bond acceptors (Lipinski definition) is 2. The second-order valence-electron chi connectivity index (χ2n) is 3.58. The molecule has 1 fully saturated rings. The minimum absolute atomic E-state index is 0.226. The van der Waals surface area contributed by atoms with Crippen LogP contribution < -0.4 is 5.32 Å². The first-order chi connectivity index (χ1) is 6.38. The molecule has 2 nitrogen and oxygen atoms in total. The second kappa shape index (κ2) is 3.90. The van der Waals surface area contributed by atoms with Crippen LogP contribution in [0.5, 0.6) is 0 Å². The summed E-state index contributed by atoms with van der Waals surface area (Å²) in [4.78, 5) is 0. The molecule has 1 aromatic rings. The monoisotopic (exact) mass is 177 g/mol. The molecule has 0 bridgehead atoms. The lowest BCUT2D eigenvalue weighted by Crippen LogP contribution is -2.39. The highest BCUT2D eigenvalue weighted by molar-refractivity contribution is 5.21. The minimum atomic E-state index is -0.226. The molecular formula is C11H15NO. The number of aliphatic hydroxyl groups excluding tert-OH is 1. The summed E-state index contributed by atoms with van der Waals surface area (Å²) in [6.45, 7) is 1.73. The Morgan fingerprint density at radius 2 is 2.00 bits per heavy atom. The lowest BCUT2D eigenvalue weighted by molar-refractivity contribution is 0.118. The highest BCUT2D eigenvalue weighted by Crippen LogP contribution is 2.24. The summed E-state index contributed by atoms with van der Waals surface area (Å²) in [6, 6.07) is 10.3. The zero-order chi connectivity index (χ0) is 9.10. The maximum Gasteiger partial charge on any atom is 0.0733 e. The predicted octanol–water partition coefficient (Wildman–Crippen LogP) is 1.12. The second-order valence-corrected chi connectivity index (χ2v) is 3.58. The molecule has 0 amide bonds. The largest absolute Gasteiger partial charge is 0.391 e. The van der Waals surface area contributed by atoms with Gasteiger partial charge in [-0.05, 0) is 18.5 Å². The van der Waals surface area contributed by atoms with Crippen molar-refractivity contribution < 1.29 is 5.11 Å². The number of hydrogen-bond donors (Lipinski definition) is 2. The molecule has 0 radical (unpaired) electrons. The first-order valence-corrected chi connectivity index (χ1v) is 4.81. The van der Waals surface area contributed by atoms with Crippen LogP contribution in [0.25, 0.3) is 0 Å². The fourth-order valence-electron chi connectivity index (χ4n) is 1.93. The van der Waals surface area contributed by atoms with Crippen LogP contribution in [0.15, 0.2) is 30.3 Å². The van der Waals surface area contributed by atoms with E-state index in [1.165, 1.54) is 5.56 Å². The van der Waals surface area contributed by atoms with E-state index in [0.29, 0.717) is 5.92 Å². The van der Waals surface area contributed by atoms with Crippen molar-refractivity contribution in [2.24, 2.45) is 0 Å². The van der Waals surface area contributed by atoms with E-state index in [1.807, 2.05) is 18.2 Å². The molecule has 1 aliphatic heterocycles. The lowest BCUT2D eigenvalue weighted by atomic mass is 9.88. The Kier molecular flexibility index (Phi) is 2.62. The van der Waals surface area contributed by atoms with Gasteiger partial charge in [0.15, 0.2) is 0 Å². The van der Waals surface area contributed by atoms with Crippen molar-refractivity contribution in [1.29, 1.82) is 0 Å². The van der Waals surface area contributed by atoms with Gasteiger partial charge < -0.3 is 10.4 Å². The standard InChI is InChI=1S/C11H15NO/c13-11-8-12-7-6-10(11)9-4-2-1-3-5-9/h1-5,10-13H,6-8H2/t10-,11-/m1/s1. The molecule has 1 saturated heterocycles. The van der Waals surface area contributed by atoms with Crippen molar-refractivity contribution in [2.45, 2.75) is 18.4 Å². The van der Waals surface area contributed by atoms with E-state index >= 15 is 0 Å². The summed E-state index contributed by atoms with van der Waals surface area (Å²) in [5.74, 6) is 0.322. The minimum Gasteiger partial charge on any atom is -0.391 e. The molecular weight excluding hydrogens is 162 g/mol. The maximum atomic E-state index is 9.76. The van der Waals surface area contributed by atoms with Crippen molar-refractivity contribution in [2.75, 3.05) is 13.1 Å². The van der Waals surface area contributed by atoms with E-state index in [1.54, 1.807) is 0 Å². The number of β-amino-alcohol motifs (C(OH)–C–C–N with tert-alkyl or cyclic N) is 1. The van der Waals surface area contributed by atoms with E-state index in [9.17, 15) is 5.11 Å². The van der Waals surface area contributed by atoms with Gasteiger partial charge in [-0.25, -0.2) is 0 Å². The zero-order valence-electron chi connectivity index (χ0n) is 7.61. The smallest absolute Gasteiger partial charge is 0.0733 e. The third-order valence-electron chi connectivity index (χ3n) is 2.68. The predicted molar refractivity (Wildman–Crippen MR) is 52.7 cm³/mol. The summed E-state index contributed by atoms with van der Waals surface area (Å²) in [7, 11) is 0. The van der Waals surface area contributed by atoms with Crippen LogP contribution in [0.3, 0.4) is 0 Å². The Balaban J connectivity index is 2.15. The Bertz CT molecular complexity index is 260. The molecule has 2 rings (SSSR count).